The molecule has 3 fully saturated rings. The topological polar surface area (TPSA) is 61.9 Å². The van der Waals surface area contributed by atoms with Gasteiger partial charge in [0, 0.05) is 37.3 Å². The summed E-state index contributed by atoms with van der Waals surface area (Å²) < 4.78 is 5.25. The summed E-state index contributed by atoms with van der Waals surface area (Å²) in [4.78, 5) is 29.6. The number of methoxy groups -OCH3 is 1. The van der Waals surface area contributed by atoms with Crippen molar-refractivity contribution in [2.45, 2.75) is 44.6 Å². The second kappa shape index (κ2) is 8.52. The minimum Gasteiger partial charge on any atom is -0.497 e. The smallest absolute Gasteiger partial charge is 0.227 e. The zero-order valence-corrected chi connectivity index (χ0v) is 16.7. The summed E-state index contributed by atoms with van der Waals surface area (Å²) in [5.74, 6) is 1.01. The third-order valence-corrected chi connectivity index (χ3v) is 6.63. The van der Waals surface area contributed by atoms with E-state index in [1.165, 1.54) is 45.2 Å². The van der Waals surface area contributed by atoms with Gasteiger partial charge in [-0.05, 0) is 56.8 Å². The normalized spacial score (nSPS) is 28.1. The summed E-state index contributed by atoms with van der Waals surface area (Å²) in [6.07, 6.45) is 6.57. The van der Waals surface area contributed by atoms with Crippen molar-refractivity contribution in [1.29, 1.82) is 0 Å². The highest BCUT2D eigenvalue weighted by atomic mass is 16.5. The van der Waals surface area contributed by atoms with E-state index in [1.54, 1.807) is 12.0 Å². The van der Waals surface area contributed by atoms with Gasteiger partial charge in [0.15, 0.2) is 0 Å². The van der Waals surface area contributed by atoms with Crippen LogP contribution in [-0.4, -0.2) is 56.0 Å². The molecule has 0 aromatic heterocycles. The summed E-state index contributed by atoms with van der Waals surface area (Å²) >= 11 is 0. The minimum atomic E-state index is -0.273. The number of carbonyl (C=O) groups is 2. The van der Waals surface area contributed by atoms with E-state index >= 15 is 0 Å². The molecule has 0 spiro atoms. The largest absolute Gasteiger partial charge is 0.497 e. The molecule has 0 saturated carbocycles. The molecule has 1 aromatic carbocycles. The van der Waals surface area contributed by atoms with Crippen molar-refractivity contribution in [3.05, 3.63) is 24.3 Å². The van der Waals surface area contributed by atoms with Crippen molar-refractivity contribution in [1.82, 2.24) is 10.2 Å². The quantitative estimate of drug-likeness (QED) is 0.846. The van der Waals surface area contributed by atoms with Gasteiger partial charge in [0.05, 0.1) is 13.0 Å². The number of piperidine rings is 2. The number of nitrogens with one attached hydrogen (secondary N) is 1. The van der Waals surface area contributed by atoms with Gasteiger partial charge < -0.3 is 19.9 Å². The van der Waals surface area contributed by atoms with Crippen LogP contribution < -0.4 is 15.0 Å². The van der Waals surface area contributed by atoms with Crippen LogP contribution in [0.4, 0.5) is 5.69 Å². The number of amides is 2. The first kappa shape index (κ1) is 19.2. The molecule has 1 N–H and O–H groups in total. The maximum Gasteiger partial charge on any atom is 0.227 e. The maximum absolute atomic E-state index is 12.8. The number of anilines is 1. The lowest BCUT2D eigenvalue weighted by Crippen LogP contribution is -2.51. The van der Waals surface area contributed by atoms with Crippen LogP contribution in [0.15, 0.2) is 24.3 Å². The van der Waals surface area contributed by atoms with Crippen molar-refractivity contribution in [3.8, 4) is 5.75 Å². The fourth-order valence-electron chi connectivity index (χ4n) is 5.10. The van der Waals surface area contributed by atoms with Crippen LogP contribution in [0.25, 0.3) is 0 Å². The van der Waals surface area contributed by atoms with E-state index in [-0.39, 0.29) is 24.2 Å². The Kier molecular flexibility index (Phi) is 5.85. The van der Waals surface area contributed by atoms with Gasteiger partial charge in [-0.1, -0.05) is 12.5 Å². The molecule has 0 bridgehead atoms. The van der Waals surface area contributed by atoms with Gasteiger partial charge in [0.1, 0.15) is 5.75 Å². The molecule has 6 nitrogen and oxygen atoms in total. The Morgan fingerprint density at radius 2 is 2.07 bits per heavy atom. The summed E-state index contributed by atoms with van der Waals surface area (Å²) in [7, 11) is 1.61. The number of ether oxygens (including phenoxy) is 1. The summed E-state index contributed by atoms with van der Waals surface area (Å²) in [5, 5.41) is 3.17. The van der Waals surface area contributed by atoms with Gasteiger partial charge in [-0.3, -0.25) is 9.59 Å². The fraction of sp³-hybridized carbons (Fsp3) is 0.636. The van der Waals surface area contributed by atoms with E-state index in [1.807, 2.05) is 24.3 Å². The van der Waals surface area contributed by atoms with Crippen LogP contribution >= 0.6 is 0 Å². The average molecular weight is 386 g/mol. The van der Waals surface area contributed by atoms with Gasteiger partial charge in [0.25, 0.3) is 0 Å². The molecule has 0 aliphatic carbocycles. The zero-order valence-electron chi connectivity index (χ0n) is 16.7. The third-order valence-electron chi connectivity index (χ3n) is 6.63. The molecule has 0 radical (unpaired) electrons. The Morgan fingerprint density at radius 3 is 2.93 bits per heavy atom. The van der Waals surface area contributed by atoms with E-state index in [2.05, 4.69) is 10.2 Å². The van der Waals surface area contributed by atoms with Crippen molar-refractivity contribution in [2.24, 2.45) is 11.8 Å². The van der Waals surface area contributed by atoms with E-state index in [9.17, 15) is 9.59 Å². The molecule has 28 heavy (non-hydrogen) atoms. The monoisotopic (exact) mass is 385 g/mol. The first-order chi connectivity index (χ1) is 13.7. The highest BCUT2D eigenvalue weighted by Gasteiger charge is 2.37. The van der Waals surface area contributed by atoms with E-state index in [0.717, 1.165) is 12.2 Å². The molecular formula is C22H31N3O3. The molecule has 6 heteroatoms. The number of hydrogen-bond acceptors (Lipinski definition) is 4. The van der Waals surface area contributed by atoms with Crippen LogP contribution in [0.3, 0.4) is 0 Å². The summed E-state index contributed by atoms with van der Waals surface area (Å²) in [6.45, 7) is 3.60. The van der Waals surface area contributed by atoms with Crippen molar-refractivity contribution in [3.63, 3.8) is 0 Å². The lowest BCUT2D eigenvalue weighted by atomic mass is 9.83. The molecule has 152 valence electrons. The Hall–Kier alpha value is -2.08. The fourth-order valence-corrected chi connectivity index (χ4v) is 5.10. The van der Waals surface area contributed by atoms with Crippen LogP contribution in [0.5, 0.6) is 5.75 Å². The lowest BCUT2D eigenvalue weighted by Gasteiger charge is -2.44. The van der Waals surface area contributed by atoms with Crippen molar-refractivity contribution in [2.75, 3.05) is 38.2 Å². The number of rotatable bonds is 5. The predicted octanol–water partition coefficient (Wildman–Crippen LogP) is 2.43. The second-order valence-corrected chi connectivity index (χ2v) is 8.35. The SMILES string of the molecule is COc1cccc(N2CC(C(=O)NCC3CCCN4CCCCC34)CC2=O)c1. The molecule has 3 saturated heterocycles. The Bertz CT molecular complexity index is 721. The molecule has 4 rings (SSSR count). The first-order valence-corrected chi connectivity index (χ1v) is 10.6. The summed E-state index contributed by atoms with van der Waals surface area (Å²) in [6, 6.07) is 8.08. The molecule has 3 unspecified atom stereocenters. The Morgan fingerprint density at radius 1 is 1.21 bits per heavy atom. The van der Waals surface area contributed by atoms with Crippen LogP contribution in [-0.2, 0) is 9.59 Å². The van der Waals surface area contributed by atoms with Crippen molar-refractivity contribution >= 4 is 17.5 Å². The highest BCUT2D eigenvalue weighted by molar-refractivity contribution is 6.00. The maximum atomic E-state index is 12.8. The average Bonchev–Trinajstić information content (AvgIpc) is 3.13. The standard InChI is InChI=1S/C22H31N3O3/c1-28-19-8-4-7-18(13-19)25-15-17(12-21(25)26)22(27)23-14-16-6-5-11-24-10-3-2-9-20(16)24/h4,7-8,13,16-17,20H,2-3,5-6,9-12,14-15H2,1H3,(H,23,27). The third kappa shape index (κ3) is 4.02. The molecule has 3 atom stereocenters. The molecule has 1 aromatic rings. The predicted molar refractivity (Wildman–Crippen MR) is 108 cm³/mol. The first-order valence-electron chi connectivity index (χ1n) is 10.6. The van der Waals surface area contributed by atoms with Gasteiger partial charge in [-0.25, -0.2) is 0 Å². The highest BCUT2D eigenvalue weighted by Crippen LogP contribution is 2.31. The van der Waals surface area contributed by atoms with Gasteiger partial charge in [-0.15, -0.1) is 0 Å². The van der Waals surface area contributed by atoms with Gasteiger partial charge in [0.2, 0.25) is 11.8 Å². The number of benzene rings is 1. The van der Waals surface area contributed by atoms with Crippen molar-refractivity contribution < 1.29 is 14.3 Å². The number of nitrogens with zero attached hydrogens (tertiary/aromatic N) is 2. The van der Waals surface area contributed by atoms with Crippen LogP contribution in [0.2, 0.25) is 0 Å². The van der Waals surface area contributed by atoms with E-state index < -0.39 is 0 Å². The molecule has 2 amide bonds. The number of carbonyl (C=O) groups excluding carboxylic acids is 2. The lowest BCUT2D eigenvalue weighted by molar-refractivity contribution is -0.126. The van der Waals surface area contributed by atoms with Crippen LogP contribution in [0, 0.1) is 11.8 Å². The number of fused-ring (bicyclic) bond motifs is 1. The molecular weight excluding hydrogens is 354 g/mol. The van der Waals surface area contributed by atoms with Gasteiger partial charge >= 0.3 is 0 Å². The summed E-state index contributed by atoms with van der Waals surface area (Å²) in [5.41, 5.74) is 0.796. The number of hydrogen-bond donors (Lipinski definition) is 1. The van der Waals surface area contributed by atoms with Gasteiger partial charge in [-0.2, -0.15) is 0 Å². The molecule has 3 heterocycles. The van der Waals surface area contributed by atoms with E-state index in [0.29, 0.717) is 24.3 Å². The Balaban J connectivity index is 1.33. The minimum absolute atomic E-state index is 0.00419. The second-order valence-electron chi connectivity index (χ2n) is 8.35. The van der Waals surface area contributed by atoms with Crippen LogP contribution in [0.1, 0.15) is 38.5 Å². The zero-order chi connectivity index (χ0) is 19.5. The van der Waals surface area contributed by atoms with E-state index in [4.69, 9.17) is 4.74 Å². The molecule has 3 aliphatic heterocycles. The Labute approximate surface area is 167 Å². The molecule has 3 aliphatic rings.